The second kappa shape index (κ2) is 4.77. The Hall–Kier alpha value is -0.900. The molecule has 1 aliphatic heterocycles. The Kier molecular flexibility index (Phi) is 3.52. The van der Waals surface area contributed by atoms with Crippen molar-refractivity contribution in [3.05, 3.63) is 35.9 Å². The van der Waals surface area contributed by atoms with E-state index in [9.17, 15) is 9.67 Å². The zero-order valence-corrected chi connectivity index (χ0v) is 11.2. The minimum Gasteiger partial charge on any atom is -0.387 e. The summed E-state index contributed by atoms with van der Waals surface area (Å²) in [5.74, 6) is 0. The Morgan fingerprint density at radius 3 is 2.76 bits per heavy atom. The third kappa shape index (κ3) is 2.10. The molecule has 2 N–H and O–H groups in total. The molecule has 6 heteroatoms. The van der Waals surface area contributed by atoms with Crippen molar-refractivity contribution in [3.63, 3.8) is 0 Å². The highest BCUT2D eigenvalue weighted by molar-refractivity contribution is 7.81. The van der Waals surface area contributed by atoms with Gasteiger partial charge in [0.25, 0.3) is 0 Å². The van der Waals surface area contributed by atoms with E-state index in [0.717, 1.165) is 5.56 Å². The number of thiocarbonyl (C=S) groups is 1. The van der Waals surface area contributed by atoms with Crippen molar-refractivity contribution in [2.75, 3.05) is 19.9 Å². The molecule has 1 aliphatic rings. The summed E-state index contributed by atoms with van der Waals surface area (Å²) in [6.07, 6.45) is -0.356. The van der Waals surface area contributed by atoms with Gasteiger partial charge in [-0.1, -0.05) is 30.3 Å². The van der Waals surface area contributed by atoms with E-state index >= 15 is 0 Å². The zero-order valence-electron chi connectivity index (χ0n) is 9.54. The van der Waals surface area contributed by atoms with Gasteiger partial charge in [-0.2, -0.15) is 0 Å². The van der Waals surface area contributed by atoms with Crippen LogP contribution in [0.4, 0.5) is 0 Å². The maximum atomic E-state index is 12.8. The van der Waals surface area contributed by atoms with E-state index in [4.69, 9.17) is 12.2 Å². The van der Waals surface area contributed by atoms with E-state index in [1.54, 1.807) is 7.05 Å². The lowest BCUT2D eigenvalue weighted by Gasteiger charge is -2.40. The van der Waals surface area contributed by atoms with Crippen molar-refractivity contribution < 1.29 is 9.67 Å². The second-order valence-electron chi connectivity index (χ2n) is 4.03. The Morgan fingerprint density at radius 2 is 2.18 bits per heavy atom. The van der Waals surface area contributed by atoms with E-state index in [1.807, 2.05) is 30.3 Å². The van der Waals surface area contributed by atoms with E-state index < -0.39 is 7.29 Å². The molecule has 1 aromatic carbocycles. The summed E-state index contributed by atoms with van der Waals surface area (Å²) in [5.41, 5.74) is 0.747. The van der Waals surface area contributed by atoms with Gasteiger partial charge in [-0.25, -0.2) is 0 Å². The molecule has 2 rings (SSSR count). The van der Waals surface area contributed by atoms with Gasteiger partial charge in [-0.3, -0.25) is 4.57 Å². The van der Waals surface area contributed by atoms with Crippen LogP contribution < -0.4 is 5.32 Å². The fourth-order valence-corrected chi connectivity index (χ4v) is 4.72. The van der Waals surface area contributed by atoms with Crippen molar-refractivity contribution in [3.8, 4) is 0 Å². The fraction of sp³-hybridized carbons (Fsp3) is 0.364. The number of nitrogens with one attached hydrogen (secondary N) is 1. The van der Waals surface area contributed by atoms with Gasteiger partial charge >= 0.3 is 0 Å². The lowest BCUT2D eigenvalue weighted by Crippen LogP contribution is -2.44. The van der Waals surface area contributed by atoms with Crippen LogP contribution in [0.15, 0.2) is 30.3 Å². The van der Waals surface area contributed by atoms with Gasteiger partial charge in [0, 0.05) is 13.6 Å². The highest BCUT2D eigenvalue weighted by Crippen LogP contribution is 2.61. The molecule has 0 bridgehead atoms. The van der Waals surface area contributed by atoms with E-state index in [0.29, 0.717) is 11.7 Å². The molecule has 92 valence electrons. The van der Waals surface area contributed by atoms with E-state index in [2.05, 4.69) is 5.32 Å². The van der Waals surface area contributed by atoms with Crippen LogP contribution in [0.25, 0.3) is 0 Å². The molecule has 0 radical (unpaired) electrons. The topological polar surface area (TPSA) is 52.6 Å². The molecule has 0 spiro atoms. The first-order chi connectivity index (χ1) is 8.09. The van der Waals surface area contributed by atoms with Crippen LogP contribution in [0, 0.1) is 0 Å². The molecule has 1 heterocycles. The molecule has 0 aliphatic carbocycles. The van der Waals surface area contributed by atoms with E-state index in [-0.39, 0.29) is 12.0 Å². The predicted molar refractivity (Wildman–Crippen MR) is 72.2 cm³/mol. The van der Waals surface area contributed by atoms with Crippen molar-refractivity contribution in [2.45, 2.75) is 5.66 Å². The fourth-order valence-electron chi connectivity index (χ4n) is 2.02. The molecular formula is C11H15N2O2PS. The zero-order chi connectivity index (χ0) is 12.5. The Morgan fingerprint density at radius 1 is 1.53 bits per heavy atom. The summed E-state index contributed by atoms with van der Waals surface area (Å²) in [6.45, 7) is 0.505. The molecule has 0 saturated carbocycles. The smallest absolute Gasteiger partial charge is 0.207 e. The van der Waals surface area contributed by atoms with Gasteiger partial charge < -0.3 is 15.1 Å². The highest BCUT2D eigenvalue weighted by atomic mass is 32.1. The predicted octanol–water partition coefficient (Wildman–Crippen LogP) is 1.78. The molecule has 1 fully saturated rings. The largest absolute Gasteiger partial charge is 0.387 e. The third-order valence-corrected chi connectivity index (χ3v) is 6.75. The van der Waals surface area contributed by atoms with Gasteiger partial charge in [-0.05, 0) is 17.8 Å². The molecule has 2 atom stereocenters. The second-order valence-corrected chi connectivity index (χ2v) is 7.44. The van der Waals surface area contributed by atoms with Crippen molar-refractivity contribution in [1.82, 2.24) is 9.99 Å². The number of aliphatic hydroxyl groups is 1. The molecule has 1 saturated heterocycles. The maximum Gasteiger partial charge on any atom is 0.207 e. The van der Waals surface area contributed by atoms with Crippen LogP contribution in [0.3, 0.4) is 0 Å². The van der Waals surface area contributed by atoms with Crippen molar-refractivity contribution >= 4 is 24.6 Å². The number of hydrogen-bond donors (Lipinski definition) is 2. The van der Waals surface area contributed by atoms with Crippen molar-refractivity contribution in [2.24, 2.45) is 0 Å². The maximum absolute atomic E-state index is 12.8. The van der Waals surface area contributed by atoms with Crippen LogP contribution in [-0.2, 0) is 4.57 Å². The minimum absolute atomic E-state index is 0.217. The summed E-state index contributed by atoms with van der Waals surface area (Å²) in [5, 5.41) is 13.0. The molecule has 1 aromatic rings. The van der Waals surface area contributed by atoms with Gasteiger partial charge in [0.1, 0.15) is 6.35 Å². The molecular weight excluding hydrogens is 255 g/mol. The summed E-state index contributed by atoms with van der Waals surface area (Å²) in [6, 6.07) is 9.58. The summed E-state index contributed by atoms with van der Waals surface area (Å²) in [7, 11) is -1.22. The highest BCUT2D eigenvalue weighted by Gasteiger charge is 2.42. The normalized spacial score (nSPS) is 28.9. The van der Waals surface area contributed by atoms with Gasteiger partial charge in [0.05, 0.1) is 5.66 Å². The molecule has 17 heavy (non-hydrogen) atoms. The van der Waals surface area contributed by atoms with Crippen LogP contribution in [-0.4, -0.2) is 34.8 Å². The molecule has 4 nitrogen and oxygen atoms in total. The number of rotatable bonds is 2. The van der Waals surface area contributed by atoms with Crippen LogP contribution >= 0.6 is 19.5 Å². The lowest BCUT2D eigenvalue weighted by molar-refractivity contribution is 0.342. The average Bonchev–Trinajstić information content (AvgIpc) is 2.37. The summed E-state index contributed by atoms with van der Waals surface area (Å²) in [4.78, 5) is 0. The first-order valence-electron chi connectivity index (χ1n) is 5.36. The standard InChI is InChI=1S/C11H15N2O2PS/c1-13-11(17)12-7-10(16(13,15)8-14)9-5-3-2-4-6-9/h2-6,10,14H,7-8H2,1H3,(H,12,17). The van der Waals surface area contributed by atoms with Crippen LogP contribution in [0.2, 0.25) is 0 Å². The Balaban J connectivity index is 2.41. The van der Waals surface area contributed by atoms with Gasteiger partial charge in [0.15, 0.2) is 5.11 Å². The molecule has 2 unspecified atom stereocenters. The van der Waals surface area contributed by atoms with Gasteiger partial charge in [-0.15, -0.1) is 0 Å². The number of aliphatic hydroxyl groups excluding tert-OH is 1. The Labute approximate surface area is 106 Å². The summed E-state index contributed by atoms with van der Waals surface area (Å²) >= 11 is 5.08. The quantitative estimate of drug-likeness (QED) is 0.633. The average molecular weight is 270 g/mol. The lowest BCUT2D eigenvalue weighted by atomic mass is 10.1. The first-order valence-corrected chi connectivity index (χ1v) is 7.68. The van der Waals surface area contributed by atoms with Crippen LogP contribution in [0.5, 0.6) is 0 Å². The molecule has 0 amide bonds. The minimum atomic E-state index is -2.89. The van der Waals surface area contributed by atoms with Gasteiger partial charge in [0.2, 0.25) is 7.29 Å². The number of benzene rings is 1. The summed E-state index contributed by atoms with van der Waals surface area (Å²) < 4.78 is 14.3. The SMILES string of the molecule is CN1C(=S)NCC(c2ccccc2)P1(=O)CO. The van der Waals surface area contributed by atoms with E-state index in [1.165, 1.54) is 4.67 Å². The molecule has 0 aromatic heterocycles. The third-order valence-electron chi connectivity index (χ3n) is 3.12. The van der Waals surface area contributed by atoms with Crippen LogP contribution in [0.1, 0.15) is 11.2 Å². The number of nitrogens with zero attached hydrogens (tertiary/aromatic N) is 1. The first kappa shape index (κ1) is 12.6. The van der Waals surface area contributed by atoms with Crippen molar-refractivity contribution in [1.29, 1.82) is 0 Å². The number of hydrogen-bond acceptors (Lipinski definition) is 3. The monoisotopic (exact) mass is 270 g/mol. The Bertz CT molecular complexity index is 466.